The van der Waals surface area contributed by atoms with Crippen LogP contribution in [0.1, 0.15) is 50.6 Å². The van der Waals surface area contributed by atoms with Gasteiger partial charge in [-0.05, 0) is 31.7 Å². The van der Waals surface area contributed by atoms with Crippen molar-refractivity contribution in [3.63, 3.8) is 0 Å². The number of hydrogen-bond donors (Lipinski definition) is 2. The third kappa shape index (κ3) is 5.14. The summed E-state index contributed by atoms with van der Waals surface area (Å²) in [7, 11) is 0. The van der Waals surface area contributed by atoms with Crippen LogP contribution in [0.5, 0.6) is 5.75 Å². The van der Waals surface area contributed by atoms with E-state index in [2.05, 4.69) is 10.1 Å². The Morgan fingerprint density at radius 3 is 2.60 bits per heavy atom. The lowest BCUT2D eigenvalue weighted by molar-refractivity contribution is -0.144. The lowest BCUT2D eigenvalue weighted by Crippen LogP contribution is -2.37. The van der Waals surface area contributed by atoms with Gasteiger partial charge in [0, 0.05) is 11.5 Å². The Bertz CT molecular complexity index is 608. The molecule has 2 rings (SSSR count). The third-order valence-corrected chi connectivity index (χ3v) is 4.63. The molecule has 1 aromatic carbocycles. The van der Waals surface area contributed by atoms with Crippen molar-refractivity contribution in [2.24, 2.45) is 11.8 Å². The summed E-state index contributed by atoms with van der Waals surface area (Å²) < 4.78 is 29.7. The summed E-state index contributed by atoms with van der Waals surface area (Å²) >= 11 is 0. The van der Waals surface area contributed by atoms with Crippen LogP contribution < -0.4 is 10.1 Å². The van der Waals surface area contributed by atoms with Crippen LogP contribution in [0.3, 0.4) is 0 Å². The maximum atomic E-state index is 12.6. The number of benzene rings is 1. The third-order valence-electron chi connectivity index (χ3n) is 4.63. The fraction of sp³-hybridized carbons (Fsp3) is 0.556. The highest BCUT2D eigenvalue weighted by Crippen LogP contribution is 2.32. The molecule has 5 nitrogen and oxygen atoms in total. The van der Waals surface area contributed by atoms with Gasteiger partial charge in [0.1, 0.15) is 5.75 Å². The number of hydrogen-bond acceptors (Lipinski definition) is 3. The summed E-state index contributed by atoms with van der Waals surface area (Å²) in [6, 6.07) is 5.91. The topological polar surface area (TPSA) is 75.6 Å². The monoisotopic (exact) mass is 355 g/mol. The first-order chi connectivity index (χ1) is 11.9. The molecule has 1 saturated carbocycles. The van der Waals surface area contributed by atoms with Gasteiger partial charge in [0.05, 0.1) is 12.0 Å². The molecule has 0 heterocycles. The van der Waals surface area contributed by atoms with Gasteiger partial charge in [-0.2, -0.15) is 8.78 Å². The molecule has 2 N–H and O–H groups in total. The standard InChI is InChI=1S/C18H23F2NO4/c1-2-14(13-8-3-4-9-15(13)25-18(19)20)21-16(22)11-6-5-7-12(10-11)17(23)24/h3-4,8-9,11-12,14,18H,2,5-7,10H2,1H3,(H,21,22)(H,23,24). The Labute approximate surface area is 145 Å². The summed E-state index contributed by atoms with van der Waals surface area (Å²) in [5.74, 6) is -1.94. The van der Waals surface area contributed by atoms with Crippen molar-refractivity contribution in [1.29, 1.82) is 0 Å². The van der Waals surface area contributed by atoms with E-state index in [1.807, 2.05) is 6.92 Å². The molecule has 1 aliphatic carbocycles. The summed E-state index contributed by atoms with van der Waals surface area (Å²) in [5, 5.41) is 12.0. The number of carboxylic acid groups (broad SMARTS) is 1. The van der Waals surface area contributed by atoms with Crippen molar-refractivity contribution < 1.29 is 28.2 Å². The lowest BCUT2D eigenvalue weighted by atomic mass is 9.81. The molecule has 0 aliphatic heterocycles. The molecule has 0 aromatic heterocycles. The molecule has 0 radical (unpaired) electrons. The van der Waals surface area contributed by atoms with Crippen LogP contribution >= 0.6 is 0 Å². The van der Waals surface area contributed by atoms with Crippen LogP contribution in [0.2, 0.25) is 0 Å². The molecule has 1 aliphatic rings. The molecule has 3 atom stereocenters. The quantitative estimate of drug-likeness (QED) is 0.781. The minimum atomic E-state index is -2.94. The Balaban J connectivity index is 2.09. The molecular formula is C18H23F2NO4. The van der Waals surface area contributed by atoms with Gasteiger partial charge in [0.25, 0.3) is 0 Å². The van der Waals surface area contributed by atoms with E-state index in [9.17, 15) is 18.4 Å². The number of halogens is 2. The number of rotatable bonds is 7. The average molecular weight is 355 g/mol. The maximum Gasteiger partial charge on any atom is 0.387 e. The molecule has 0 spiro atoms. The fourth-order valence-electron chi connectivity index (χ4n) is 3.31. The Morgan fingerprint density at radius 1 is 1.28 bits per heavy atom. The van der Waals surface area contributed by atoms with Crippen LogP contribution in [0.25, 0.3) is 0 Å². The summed E-state index contributed by atoms with van der Waals surface area (Å²) in [4.78, 5) is 23.7. The molecule has 138 valence electrons. The molecule has 0 saturated heterocycles. The van der Waals surface area contributed by atoms with Gasteiger partial charge in [-0.15, -0.1) is 0 Å². The van der Waals surface area contributed by atoms with E-state index in [4.69, 9.17) is 5.11 Å². The molecule has 1 fully saturated rings. The van der Waals surface area contributed by atoms with Gasteiger partial charge < -0.3 is 15.2 Å². The molecule has 1 amide bonds. The Morgan fingerprint density at radius 2 is 1.96 bits per heavy atom. The number of para-hydroxylation sites is 1. The van der Waals surface area contributed by atoms with E-state index in [-0.39, 0.29) is 17.6 Å². The van der Waals surface area contributed by atoms with Crippen molar-refractivity contribution >= 4 is 11.9 Å². The average Bonchev–Trinajstić information content (AvgIpc) is 2.59. The van der Waals surface area contributed by atoms with Crippen LogP contribution in [-0.2, 0) is 9.59 Å². The van der Waals surface area contributed by atoms with Crippen molar-refractivity contribution in [1.82, 2.24) is 5.32 Å². The lowest BCUT2D eigenvalue weighted by Gasteiger charge is -2.28. The highest BCUT2D eigenvalue weighted by atomic mass is 19.3. The zero-order chi connectivity index (χ0) is 18.4. The van der Waals surface area contributed by atoms with Crippen LogP contribution in [0, 0.1) is 11.8 Å². The highest BCUT2D eigenvalue weighted by Gasteiger charge is 2.32. The number of amides is 1. The SMILES string of the molecule is CCC(NC(=O)C1CCCC(C(=O)O)C1)c1ccccc1OC(F)F. The zero-order valence-corrected chi connectivity index (χ0v) is 14.1. The first kappa shape index (κ1) is 19.1. The number of carbonyl (C=O) groups is 2. The highest BCUT2D eigenvalue weighted by molar-refractivity contribution is 5.80. The van der Waals surface area contributed by atoms with Gasteiger partial charge in [-0.3, -0.25) is 9.59 Å². The van der Waals surface area contributed by atoms with E-state index < -0.39 is 24.5 Å². The first-order valence-corrected chi connectivity index (χ1v) is 8.49. The Kier molecular flexibility index (Phi) is 6.73. The first-order valence-electron chi connectivity index (χ1n) is 8.49. The zero-order valence-electron chi connectivity index (χ0n) is 14.1. The van der Waals surface area contributed by atoms with Gasteiger partial charge in [0.15, 0.2) is 0 Å². The molecule has 3 unspecified atom stereocenters. The van der Waals surface area contributed by atoms with Crippen molar-refractivity contribution in [2.45, 2.75) is 51.7 Å². The summed E-state index contributed by atoms with van der Waals surface area (Å²) in [6.45, 7) is -1.10. The predicted molar refractivity (Wildman–Crippen MR) is 87.3 cm³/mol. The van der Waals surface area contributed by atoms with Crippen molar-refractivity contribution in [3.8, 4) is 5.75 Å². The maximum absolute atomic E-state index is 12.6. The second-order valence-corrected chi connectivity index (χ2v) is 6.28. The molecular weight excluding hydrogens is 332 g/mol. The number of alkyl halides is 2. The van der Waals surface area contributed by atoms with E-state index in [0.717, 1.165) is 0 Å². The van der Waals surface area contributed by atoms with Gasteiger partial charge >= 0.3 is 12.6 Å². The second-order valence-electron chi connectivity index (χ2n) is 6.28. The molecule has 7 heteroatoms. The van der Waals surface area contributed by atoms with Gasteiger partial charge in [0.2, 0.25) is 5.91 Å². The van der Waals surface area contributed by atoms with Gasteiger partial charge in [-0.25, -0.2) is 0 Å². The van der Waals surface area contributed by atoms with Crippen LogP contribution in [0.15, 0.2) is 24.3 Å². The smallest absolute Gasteiger partial charge is 0.387 e. The molecule has 0 bridgehead atoms. The molecule has 25 heavy (non-hydrogen) atoms. The Hall–Kier alpha value is -2.18. The van der Waals surface area contributed by atoms with E-state index >= 15 is 0 Å². The number of aliphatic carboxylic acids is 1. The van der Waals surface area contributed by atoms with E-state index in [1.54, 1.807) is 18.2 Å². The summed E-state index contributed by atoms with van der Waals surface area (Å²) in [5.41, 5.74) is 0.490. The largest absolute Gasteiger partial charge is 0.481 e. The molecule has 1 aromatic rings. The van der Waals surface area contributed by atoms with Crippen LogP contribution in [-0.4, -0.2) is 23.6 Å². The number of carboxylic acids is 1. The number of carbonyl (C=O) groups excluding carboxylic acids is 1. The second kappa shape index (κ2) is 8.78. The minimum absolute atomic E-state index is 0.0386. The normalized spacial score (nSPS) is 21.6. The predicted octanol–water partition coefficient (Wildman–Crippen LogP) is 3.75. The number of nitrogens with one attached hydrogen (secondary N) is 1. The fourth-order valence-corrected chi connectivity index (χ4v) is 3.31. The summed E-state index contributed by atoms with van der Waals surface area (Å²) in [6.07, 6.45) is 2.73. The van der Waals surface area contributed by atoms with E-state index in [0.29, 0.717) is 37.7 Å². The van der Waals surface area contributed by atoms with Gasteiger partial charge in [-0.1, -0.05) is 31.5 Å². The van der Waals surface area contributed by atoms with Crippen molar-refractivity contribution in [3.05, 3.63) is 29.8 Å². The van der Waals surface area contributed by atoms with Crippen molar-refractivity contribution in [2.75, 3.05) is 0 Å². The van der Waals surface area contributed by atoms with E-state index in [1.165, 1.54) is 6.07 Å². The van der Waals surface area contributed by atoms with Crippen LogP contribution in [0.4, 0.5) is 8.78 Å². The minimum Gasteiger partial charge on any atom is -0.481 e. The number of ether oxygens (including phenoxy) is 1.